The third-order valence-electron chi connectivity index (χ3n) is 0. The quantitative estimate of drug-likeness (QED) is 0.212. The molecule has 0 amide bonds. The van der Waals surface area contributed by atoms with Gasteiger partial charge in [-0.05, 0) is 0 Å². The number of hydrogen-bond donors (Lipinski definition) is 5. The molecule has 0 fully saturated rings. The molecular weight excluding hydrogens is 306 g/mol. The van der Waals surface area contributed by atoms with Crippen LogP contribution in [0.25, 0.3) is 0 Å². The minimum absolute atomic E-state index is 0. The molecule has 0 spiro atoms. The molecule has 0 aromatic rings. The third kappa shape index (κ3) is 66000. The van der Waals surface area contributed by atoms with Crippen molar-refractivity contribution in [1.29, 1.82) is 0 Å². The Morgan fingerprint density at radius 1 is 0.867 bits per heavy atom. The zero-order valence-electron chi connectivity index (χ0n) is 6.66. The Labute approximate surface area is 96.0 Å². The van der Waals surface area contributed by atoms with Crippen LogP contribution in [0.4, 0.5) is 0 Å². The molecule has 0 aliphatic heterocycles. The second-order valence-electron chi connectivity index (χ2n) is 1.33. The molecule has 0 rings (SSSR count). The predicted octanol–water partition coefficient (Wildman–Crippen LogP) is -5.24. The maximum absolute atomic E-state index is 8.85. The SMILES string of the molecule is NS(=O)(=O)[O-].NS(=O)(=O)[O-].OB(O)O.[Ni+2]. The fourth-order valence-corrected chi connectivity index (χ4v) is 0. The topological polar surface area (TPSA) is 227 Å². The molecule has 0 saturated carbocycles. The van der Waals surface area contributed by atoms with Crippen molar-refractivity contribution in [1.82, 2.24) is 0 Å². The molecule has 0 saturated heterocycles. The molecule has 96 valence electrons. The molecular formula is H7BN2NiO9S2. The van der Waals surface area contributed by atoms with Gasteiger partial charge in [0.05, 0.1) is 0 Å². The molecule has 0 aliphatic carbocycles. The van der Waals surface area contributed by atoms with Gasteiger partial charge in [0.25, 0.3) is 0 Å². The van der Waals surface area contributed by atoms with E-state index in [1.165, 1.54) is 0 Å². The van der Waals surface area contributed by atoms with E-state index in [0.29, 0.717) is 0 Å². The third-order valence-corrected chi connectivity index (χ3v) is 0. The maximum atomic E-state index is 8.85. The van der Waals surface area contributed by atoms with Gasteiger partial charge in [0.15, 0.2) is 20.6 Å². The van der Waals surface area contributed by atoms with Gasteiger partial charge in [-0.2, -0.15) is 0 Å². The van der Waals surface area contributed by atoms with E-state index < -0.39 is 27.9 Å². The second-order valence-corrected chi connectivity index (χ2v) is 3.30. The summed E-state index contributed by atoms with van der Waals surface area (Å²) >= 11 is 0. The van der Waals surface area contributed by atoms with Crippen LogP contribution < -0.4 is 10.3 Å². The molecule has 0 radical (unpaired) electrons. The van der Waals surface area contributed by atoms with E-state index in [4.69, 9.17) is 41.0 Å². The van der Waals surface area contributed by atoms with Crippen molar-refractivity contribution in [2.45, 2.75) is 0 Å². The van der Waals surface area contributed by atoms with Crippen LogP contribution in [0.3, 0.4) is 0 Å². The summed E-state index contributed by atoms with van der Waals surface area (Å²) in [7, 11) is -11.0. The van der Waals surface area contributed by atoms with E-state index in [9.17, 15) is 0 Å². The van der Waals surface area contributed by atoms with Crippen LogP contribution in [0.15, 0.2) is 0 Å². The molecule has 15 heavy (non-hydrogen) atoms. The summed E-state index contributed by atoms with van der Waals surface area (Å²) in [6, 6.07) is 0. The monoisotopic (exact) mass is 312 g/mol. The summed E-state index contributed by atoms with van der Waals surface area (Å²) in [4.78, 5) is 0. The Hall–Kier alpha value is 0.178. The van der Waals surface area contributed by atoms with Crippen molar-refractivity contribution in [3.8, 4) is 0 Å². The average Bonchev–Trinajstić information content (AvgIpc) is 1.45. The summed E-state index contributed by atoms with van der Waals surface area (Å²) in [5.41, 5.74) is 0. The van der Waals surface area contributed by atoms with E-state index in [0.717, 1.165) is 0 Å². The summed E-state index contributed by atoms with van der Waals surface area (Å²) in [6.45, 7) is 0. The van der Waals surface area contributed by atoms with Gasteiger partial charge in [0.2, 0.25) is 0 Å². The summed E-state index contributed by atoms with van der Waals surface area (Å²) in [5, 5.41) is 29.0. The Kier molecular flexibility index (Phi) is 17.4. The van der Waals surface area contributed by atoms with Crippen LogP contribution in [0.1, 0.15) is 0 Å². The second kappa shape index (κ2) is 10.7. The normalized spacial score (nSPS) is 9.53. The average molecular weight is 313 g/mol. The number of rotatable bonds is 0. The van der Waals surface area contributed by atoms with Crippen LogP contribution in [0, 0.1) is 0 Å². The van der Waals surface area contributed by atoms with Gasteiger partial charge in [-0.15, -0.1) is 0 Å². The van der Waals surface area contributed by atoms with Gasteiger partial charge in [0, 0.05) is 0 Å². The first-order valence-corrected chi connectivity index (χ1v) is 5.19. The van der Waals surface area contributed by atoms with Gasteiger partial charge < -0.3 is 24.2 Å². The van der Waals surface area contributed by atoms with Crippen molar-refractivity contribution in [2.24, 2.45) is 10.3 Å². The van der Waals surface area contributed by atoms with Crippen molar-refractivity contribution in [3.63, 3.8) is 0 Å². The fraction of sp³-hybridized carbons (Fsp3) is 0. The van der Waals surface area contributed by atoms with Crippen molar-refractivity contribution >= 4 is 27.9 Å². The largest absolute Gasteiger partial charge is 2.00 e. The predicted molar refractivity (Wildman–Crippen MR) is 40.2 cm³/mol. The number of nitrogens with two attached hydrogens (primary N) is 2. The summed E-state index contributed by atoms with van der Waals surface area (Å²) in [5.74, 6) is 0. The first-order chi connectivity index (χ1) is 5.73. The molecule has 0 atom stereocenters. The minimum Gasteiger partial charge on any atom is -0.736 e. The van der Waals surface area contributed by atoms with E-state index in [1.807, 2.05) is 0 Å². The maximum Gasteiger partial charge on any atom is 2.00 e. The van der Waals surface area contributed by atoms with Gasteiger partial charge in [0.1, 0.15) is 0 Å². The first-order valence-electron chi connectivity index (χ1n) is 2.25. The molecule has 0 heterocycles. The molecule has 0 aliphatic rings. The van der Waals surface area contributed by atoms with Crippen LogP contribution in [0.5, 0.6) is 0 Å². The number of hydrogen-bond acceptors (Lipinski definition) is 9. The standard InChI is InChI=1S/BH3O3.2H3NO3S.Ni/c2-1(3)4;2*1-5(2,3)4;/h2-4H;2*(H3,1,2,3,4);/q;;;+2/p-2. The van der Waals surface area contributed by atoms with Crippen LogP contribution in [-0.4, -0.2) is 48.3 Å². The molecule has 11 nitrogen and oxygen atoms in total. The van der Waals surface area contributed by atoms with E-state index in [-0.39, 0.29) is 16.5 Å². The summed E-state index contributed by atoms with van der Waals surface area (Å²) in [6.07, 6.45) is 0. The Morgan fingerprint density at radius 3 is 0.867 bits per heavy atom. The van der Waals surface area contributed by atoms with Gasteiger partial charge in [-0.1, -0.05) is 0 Å². The summed E-state index contributed by atoms with van der Waals surface area (Å²) < 4.78 is 53.1. The van der Waals surface area contributed by atoms with E-state index >= 15 is 0 Å². The van der Waals surface area contributed by atoms with Gasteiger partial charge in [-0.3, -0.25) is 0 Å². The first kappa shape index (κ1) is 24.4. The molecule has 7 N–H and O–H groups in total. The molecule has 0 aromatic heterocycles. The van der Waals surface area contributed by atoms with E-state index in [1.54, 1.807) is 0 Å². The van der Waals surface area contributed by atoms with Gasteiger partial charge >= 0.3 is 23.8 Å². The van der Waals surface area contributed by atoms with Crippen molar-refractivity contribution in [2.75, 3.05) is 0 Å². The Morgan fingerprint density at radius 2 is 0.867 bits per heavy atom. The van der Waals surface area contributed by atoms with Crippen LogP contribution >= 0.6 is 0 Å². The minimum atomic E-state index is -4.42. The van der Waals surface area contributed by atoms with Gasteiger partial charge in [-0.25, -0.2) is 27.1 Å². The molecule has 0 aromatic carbocycles. The van der Waals surface area contributed by atoms with Crippen LogP contribution in [0.2, 0.25) is 0 Å². The zero-order chi connectivity index (χ0) is 12.6. The molecule has 15 heteroatoms. The molecule has 0 unspecified atom stereocenters. The fourth-order valence-electron chi connectivity index (χ4n) is 0. The van der Waals surface area contributed by atoms with E-state index in [2.05, 4.69) is 10.3 Å². The van der Waals surface area contributed by atoms with Crippen LogP contribution in [-0.2, 0) is 37.1 Å². The Bertz CT molecular complexity index is 256. The molecule has 0 bridgehead atoms. The zero-order valence-corrected chi connectivity index (χ0v) is 9.28. The smallest absolute Gasteiger partial charge is 0.736 e. The van der Waals surface area contributed by atoms with Crippen molar-refractivity contribution < 1.29 is 57.5 Å². The Balaban J connectivity index is -0.0000000590. The van der Waals surface area contributed by atoms with Crippen molar-refractivity contribution in [3.05, 3.63) is 0 Å².